The lowest BCUT2D eigenvalue weighted by molar-refractivity contribution is 0.0251. The summed E-state index contributed by atoms with van der Waals surface area (Å²) < 4.78 is 0.391. The molecule has 18 heavy (non-hydrogen) atoms. The molecule has 2 N–H and O–H groups in total. The second kappa shape index (κ2) is 5.70. The fourth-order valence-electron chi connectivity index (χ4n) is 3.36. The average molecular weight is 271 g/mol. The smallest absolute Gasteiger partial charge is 0.0356 e. The van der Waals surface area contributed by atoms with Crippen LogP contribution in [0.5, 0.6) is 0 Å². The molecule has 0 aliphatic carbocycles. The molecule has 2 heterocycles. The van der Waals surface area contributed by atoms with E-state index in [1.54, 1.807) is 0 Å². The molecule has 3 nitrogen and oxygen atoms in total. The van der Waals surface area contributed by atoms with Crippen LogP contribution < -0.4 is 5.73 Å². The molecule has 0 atom stereocenters. The Hall–Kier alpha value is 0.230. The van der Waals surface area contributed by atoms with E-state index in [-0.39, 0.29) is 5.54 Å². The summed E-state index contributed by atoms with van der Waals surface area (Å²) in [6.45, 7) is 13.9. The molecule has 2 aliphatic rings. The van der Waals surface area contributed by atoms with Crippen LogP contribution in [0.25, 0.3) is 0 Å². The maximum absolute atomic E-state index is 6.18. The Kier molecular flexibility index (Phi) is 4.63. The first-order valence-corrected chi connectivity index (χ1v) is 8.31. The van der Waals surface area contributed by atoms with Gasteiger partial charge in [0.05, 0.1) is 0 Å². The largest absolute Gasteiger partial charge is 0.329 e. The van der Waals surface area contributed by atoms with Gasteiger partial charge in [-0.1, -0.05) is 6.92 Å². The van der Waals surface area contributed by atoms with Crippen molar-refractivity contribution >= 4 is 11.8 Å². The van der Waals surface area contributed by atoms with Crippen molar-refractivity contribution < 1.29 is 0 Å². The van der Waals surface area contributed by atoms with Gasteiger partial charge in [0.15, 0.2) is 0 Å². The van der Waals surface area contributed by atoms with Crippen LogP contribution in [0.4, 0.5) is 0 Å². The molecule has 0 unspecified atom stereocenters. The van der Waals surface area contributed by atoms with Crippen LogP contribution in [0.3, 0.4) is 0 Å². The number of likely N-dealkylation sites (tertiary alicyclic amines) is 1. The number of piperidine rings is 1. The summed E-state index contributed by atoms with van der Waals surface area (Å²) in [6, 6.07) is 0. The predicted molar refractivity (Wildman–Crippen MR) is 81.2 cm³/mol. The first-order valence-electron chi connectivity index (χ1n) is 7.33. The highest BCUT2D eigenvalue weighted by Crippen LogP contribution is 2.36. The predicted octanol–water partition coefficient (Wildman–Crippen LogP) is 1.63. The Balaban J connectivity index is 2.04. The van der Waals surface area contributed by atoms with Crippen LogP contribution in [0.2, 0.25) is 0 Å². The zero-order valence-corrected chi connectivity index (χ0v) is 13.1. The second-order valence-electron chi connectivity index (χ2n) is 6.39. The highest BCUT2D eigenvalue weighted by atomic mass is 32.2. The van der Waals surface area contributed by atoms with Crippen LogP contribution in [0, 0.1) is 0 Å². The molecule has 0 radical (unpaired) electrons. The summed E-state index contributed by atoms with van der Waals surface area (Å²) in [4.78, 5) is 5.26. The molecule has 0 bridgehead atoms. The maximum Gasteiger partial charge on any atom is 0.0356 e. The van der Waals surface area contributed by atoms with Gasteiger partial charge < -0.3 is 10.6 Å². The highest BCUT2D eigenvalue weighted by Gasteiger charge is 2.42. The van der Waals surface area contributed by atoms with E-state index in [4.69, 9.17) is 5.73 Å². The molecule has 0 aromatic heterocycles. The van der Waals surface area contributed by atoms with Gasteiger partial charge in [-0.25, -0.2) is 0 Å². The van der Waals surface area contributed by atoms with E-state index < -0.39 is 0 Å². The first-order chi connectivity index (χ1) is 8.51. The van der Waals surface area contributed by atoms with Crippen molar-refractivity contribution in [3.05, 3.63) is 0 Å². The van der Waals surface area contributed by atoms with Gasteiger partial charge in [0, 0.05) is 35.7 Å². The molecular weight excluding hydrogens is 242 g/mol. The Morgan fingerprint density at radius 1 is 1.17 bits per heavy atom. The van der Waals surface area contributed by atoms with E-state index >= 15 is 0 Å². The summed E-state index contributed by atoms with van der Waals surface area (Å²) in [5.74, 6) is 1.26. The Bertz CT molecular complexity index is 272. The van der Waals surface area contributed by atoms with E-state index in [0.29, 0.717) is 4.75 Å². The van der Waals surface area contributed by atoms with Crippen LogP contribution >= 0.6 is 11.8 Å². The monoisotopic (exact) mass is 271 g/mol. The van der Waals surface area contributed by atoms with Crippen molar-refractivity contribution in [1.29, 1.82) is 0 Å². The van der Waals surface area contributed by atoms with E-state index in [9.17, 15) is 0 Å². The quantitative estimate of drug-likeness (QED) is 0.845. The van der Waals surface area contributed by atoms with Gasteiger partial charge in [0.1, 0.15) is 0 Å². The summed E-state index contributed by atoms with van der Waals surface area (Å²) in [6.07, 6.45) is 2.50. The molecular formula is C14H29N3S. The third kappa shape index (κ3) is 3.03. The van der Waals surface area contributed by atoms with Crippen molar-refractivity contribution in [2.75, 3.05) is 45.0 Å². The van der Waals surface area contributed by atoms with E-state index in [1.165, 1.54) is 51.3 Å². The van der Waals surface area contributed by atoms with Gasteiger partial charge >= 0.3 is 0 Å². The summed E-state index contributed by atoms with van der Waals surface area (Å²) in [5.41, 5.74) is 6.46. The van der Waals surface area contributed by atoms with E-state index in [1.807, 2.05) is 0 Å². The molecule has 2 rings (SSSR count). The third-order valence-corrected chi connectivity index (χ3v) is 6.01. The number of nitrogens with two attached hydrogens (primary N) is 1. The lowest BCUT2D eigenvalue weighted by Gasteiger charge is -2.52. The minimum absolute atomic E-state index is 0.282. The number of hydrogen-bond acceptors (Lipinski definition) is 4. The van der Waals surface area contributed by atoms with Gasteiger partial charge in [0.25, 0.3) is 0 Å². The van der Waals surface area contributed by atoms with E-state index in [0.717, 1.165) is 6.54 Å². The normalized spacial score (nSPS) is 29.3. The number of rotatable bonds is 3. The van der Waals surface area contributed by atoms with Crippen molar-refractivity contribution in [3.63, 3.8) is 0 Å². The molecule has 2 fully saturated rings. The van der Waals surface area contributed by atoms with Crippen LogP contribution in [-0.4, -0.2) is 65.1 Å². The molecule has 0 aromatic carbocycles. The Morgan fingerprint density at radius 3 is 2.33 bits per heavy atom. The zero-order valence-electron chi connectivity index (χ0n) is 12.2. The maximum atomic E-state index is 6.18. The first kappa shape index (κ1) is 14.6. The SMILES string of the molecule is CCN1CCC(CN)(N2CCSC(C)(C)C2)CC1. The molecule has 2 aliphatic heterocycles. The molecule has 2 saturated heterocycles. The van der Waals surface area contributed by atoms with Gasteiger partial charge in [-0.2, -0.15) is 11.8 Å². The standard InChI is InChI=1S/C14H29N3S/c1-4-16-7-5-14(11-15,6-8-16)17-9-10-18-13(2,3)12-17/h4-12,15H2,1-3H3. The fraction of sp³-hybridized carbons (Fsp3) is 1.00. The molecule has 4 heteroatoms. The average Bonchev–Trinajstić information content (AvgIpc) is 2.37. The summed E-state index contributed by atoms with van der Waals surface area (Å²) in [7, 11) is 0. The zero-order chi connectivity index (χ0) is 13.2. The van der Waals surface area contributed by atoms with Gasteiger partial charge in [-0.3, -0.25) is 4.90 Å². The number of hydrogen-bond donors (Lipinski definition) is 1. The van der Waals surface area contributed by atoms with Gasteiger partial charge in [-0.15, -0.1) is 0 Å². The van der Waals surface area contributed by atoms with Crippen LogP contribution in [-0.2, 0) is 0 Å². The second-order valence-corrected chi connectivity index (χ2v) is 8.19. The molecule has 0 amide bonds. The van der Waals surface area contributed by atoms with Crippen LogP contribution in [0.15, 0.2) is 0 Å². The van der Waals surface area contributed by atoms with Crippen molar-refractivity contribution in [1.82, 2.24) is 9.80 Å². The number of nitrogens with zero attached hydrogens (tertiary/aromatic N) is 2. The van der Waals surface area contributed by atoms with Crippen molar-refractivity contribution in [2.45, 2.75) is 43.9 Å². The Labute approximate surface area is 116 Å². The topological polar surface area (TPSA) is 32.5 Å². The summed E-state index contributed by atoms with van der Waals surface area (Å²) >= 11 is 2.11. The molecule has 0 aromatic rings. The van der Waals surface area contributed by atoms with Crippen molar-refractivity contribution in [2.24, 2.45) is 5.73 Å². The molecule has 0 saturated carbocycles. The molecule has 0 spiro atoms. The minimum Gasteiger partial charge on any atom is -0.329 e. The minimum atomic E-state index is 0.282. The third-order valence-electron chi connectivity index (χ3n) is 4.71. The summed E-state index contributed by atoms with van der Waals surface area (Å²) in [5, 5.41) is 0. The molecule has 106 valence electrons. The van der Waals surface area contributed by atoms with Crippen molar-refractivity contribution in [3.8, 4) is 0 Å². The van der Waals surface area contributed by atoms with Crippen LogP contribution in [0.1, 0.15) is 33.6 Å². The van der Waals surface area contributed by atoms with E-state index in [2.05, 4.69) is 42.3 Å². The van der Waals surface area contributed by atoms with Gasteiger partial charge in [0.2, 0.25) is 0 Å². The fourth-order valence-corrected chi connectivity index (χ4v) is 4.47. The lowest BCUT2D eigenvalue weighted by atomic mass is 9.84. The lowest BCUT2D eigenvalue weighted by Crippen LogP contribution is -2.63. The highest BCUT2D eigenvalue weighted by molar-refractivity contribution is 8.00. The van der Waals surface area contributed by atoms with Gasteiger partial charge in [-0.05, 0) is 46.3 Å². The number of thioether (sulfide) groups is 1. The Morgan fingerprint density at radius 2 is 1.83 bits per heavy atom.